The number of hydrogen-bond donors (Lipinski definition) is 1. The van der Waals surface area contributed by atoms with Crippen LogP contribution in [0.15, 0.2) is 24.3 Å². The lowest BCUT2D eigenvalue weighted by Crippen LogP contribution is -2.44. The number of hydrogen-bond acceptors (Lipinski definition) is 2. The SMILES string of the molecule is CCCC(C)C(O)C1(C#N)CCCc2ccccc21. The Balaban J connectivity index is 2.42. The second kappa shape index (κ2) is 5.75. The molecule has 0 heterocycles. The summed E-state index contributed by atoms with van der Waals surface area (Å²) in [6, 6.07) is 10.6. The molecule has 1 aliphatic rings. The first kappa shape index (κ1) is 14.1. The first-order valence-electron chi connectivity index (χ1n) is 7.33. The summed E-state index contributed by atoms with van der Waals surface area (Å²) in [6.07, 6.45) is 4.22. The molecule has 0 amide bonds. The fraction of sp³-hybridized carbons (Fsp3) is 0.588. The molecule has 0 fully saturated rings. The van der Waals surface area contributed by atoms with Crippen molar-refractivity contribution in [2.75, 3.05) is 0 Å². The van der Waals surface area contributed by atoms with Gasteiger partial charge in [-0.25, -0.2) is 0 Å². The van der Waals surface area contributed by atoms with Crippen molar-refractivity contribution in [3.05, 3.63) is 35.4 Å². The van der Waals surface area contributed by atoms with Crippen molar-refractivity contribution in [1.82, 2.24) is 0 Å². The minimum absolute atomic E-state index is 0.163. The van der Waals surface area contributed by atoms with Gasteiger partial charge in [-0.1, -0.05) is 44.5 Å². The maximum atomic E-state index is 10.7. The molecule has 2 heteroatoms. The van der Waals surface area contributed by atoms with E-state index in [1.807, 2.05) is 18.2 Å². The minimum atomic E-state index is -0.705. The topological polar surface area (TPSA) is 44.0 Å². The van der Waals surface area contributed by atoms with Crippen molar-refractivity contribution in [2.45, 2.75) is 57.5 Å². The van der Waals surface area contributed by atoms with E-state index in [-0.39, 0.29) is 5.92 Å². The quantitative estimate of drug-likeness (QED) is 0.896. The predicted molar refractivity (Wildman–Crippen MR) is 76.7 cm³/mol. The normalized spacial score (nSPS) is 25.2. The molecule has 0 bridgehead atoms. The van der Waals surface area contributed by atoms with E-state index in [2.05, 4.69) is 26.0 Å². The van der Waals surface area contributed by atoms with Crippen LogP contribution in [0.4, 0.5) is 0 Å². The number of nitrogens with zero attached hydrogens (tertiary/aromatic N) is 1. The zero-order chi connectivity index (χ0) is 13.9. The molecule has 1 aliphatic carbocycles. The van der Waals surface area contributed by atoms with E-state index in [1.165, 1.54) is 5.56 Å². The zero-order valence-electron chi connectivity index (χ0n) is 11.9. The average Bonchev–Trinajstić information content (AvgIpc) is 2.46. The minimum Gasteiger partial charge on any atom is -0.391 e. The number of aryl methyl sites for hydroxylation is 1. The van der Waals surface area contributed by atoms with Gasteiger partial charge in [0.2, 0.25) is 0 Å². The molecule has 1 aromatic rings. The lowest BCUT2D eigenvalue weighted by molar-refractivity contribution is 0.0471. The number of nitriles is 1. The molecule has 102 valence electrons. The third kappa shape index (κ3) is 2.40. The van der Waals surface area contributed by atoms with Crippen LogP contribution in [0, 0.1) is 17.2 Å². The summed E-state index contributed by atoms with van der Waals surface area (Å²) >= 11 is 0. The third-order valence-electron chi connectivity index (χ3n) is 4.50. The van der Waals surface area contributed by atoms with Gasteiger partial charge in [0.1, 0.15) is 5.41 Å². The van der Waals surface area contributed by atoms with Crippen LogP contribution in [0.25, 0.3) is 0 Å². The number of aliphatic hydroxyl groups excluding tert-OH is 1. The molecule has 1 aromatic carbocycles. The highest BCUT2D eigenvalue weighted by Crippen LogP contribution is 2.42. The summed E-state index contributed by atoms with van der Waals surface area (Å²) in [5.41, 5.74) is 1.58. The maximum absolute atomic E-state index is 10.7. The lowest BCUT2D eigenvalue weighted by atomic mass is 9.64. The number of aliphatic hydroxyl groups is 1. The Hall–Kier alpha value is -1.33. The molecule has 19 heavy (non-hydrogen) atoms. The van der Waals surface area contributed by atoms with Gasteiger partial charge in [0.25, 0.3) is 0 Å². The second-order valence-corrected chi connectivity index (χ2v) is 5.80. The van der Waals surface area contributed by atoms with Crippen LogP contribution in [0.3, 0.4) is 0 Å². The van der Waals surface area contributed by atoms with Crippen LogP contribution in [0.2, 0.25) is 0 Å². The Bertz CT molecular complexity index is 476. The highest BCUT2D eigenvalue weighted by molar-refractivity contribution is 5.43. The van der Waals surface area contributed by atoms with Crippen LogP contribution in [0.1, 0.15) is 50.7 Å². The summed E-state index contributed by atoms with van der Waals surface area (Å²) in [4.78, 5) is 0. The number of fused-ring (bicyclic) bond motifs is 1. The van der Waals surface area contributed by atoms with Gasteiger partial charge >= 0.3 is 0 Å². The van der Waals surface area contributed by atoms with E-state index in [1.54, 1.807) is 0 Å². The number of rotatable bonds is 4. The largest absolute Gasteiger partial charge is 0.391 e. The summed E-state index contributed by atoms with van der Waals surface area (Å²) in [6.45, 7) is 4.18. The Kier molecular flexibility index (Phi) is 4.27. The fourth-order valence-electron chi connectivity index (χ4n) is 3.45. The molecule has 1 N–H and O–H groups in total. The first-order valence-corrected chi connectivity index (χ1v) is 7.33. The molecular formula is C17H23NO. The molecular weight excluding hydrogens is 234 g/mol. The van der Waals surface area contributed by atoms with Gasteiger partial charge in [-0.15, -0.1) is 0 Å². The van der Waals surface area contributed by atoms with E-state index >= 15 is 0 Å². The van der Waals surface area contributed by atoms with E-state index in [9.17, 15) is 10.4 Å². The van der Waals surface area contributed by atoms with Crippen LogP contribution in [-0.4, -0.2) is 11.2 Å². The molecule has 0 radical (unpaired) electrons. The van der Waals surface area contributed by atoms with Crippen molar-refractivity contribution in [3.8, 4) is 6.07 Å². The molecule has 0 saturated heterocycles. The van der Waals surface area contributed by atoms with E-state index in [0.717, 1.165) is 37.7 Å². The standard InChI is InChI=1S/C17H23NO/c1-3-7-13(2)16(19)17(12-18)11-6-9-14-8-4-5-10-15(14)17/h4-5,8,10,13,16,19H,3,6-7,9,11H2,1-2H3. The summed E-state index contributed by atoms with van der Waals surface area (Å²) < 4.78 is 0. The molecule has 3 atom stereocenters. The van der Waals surface area contributed by atoms with Gasteiger partial charge in [-0.05, 0) is 42.7 Å². The second-order valence-electron chi connectivity index (χ2n) is 5.80. The maximum Gasteiger partial charge on any atom is 0.109 e. The smallest absolute Gasteiger partial charge is 0.109 e. The molecule has 2 nitrogen and oxygen atoms in total. The highest BCUT2D eigenvalue weighted by atomic mass is 16.3. The van der Waals surface area contributed by atoms with Gasteiger partial charge in [0.15, 0.2) is 0 Å². The van der Waals surface area contributed by atoms with Gasteiger partial charge < -0.3 is 5.11 Å². The molecule has 0 aliphatic heterocycles. The molecule has 2 rings (SSSR count). The van der Waals surface area contributed by atoms with Crippen LogP contribution in [-0.2, 0) is 11.8 Å². The highest BCUT2D eigenvalue weighted by Gasteiger charge is 2.44. The van der Waals surface area contributed by atoms with Gasteiger partial charge in [0, 0.05) is 0 Å². The molecule has 0 aromatic heterocycles. The van der Waals surface area contributed by atoms with Crippen molar-refractivity contribution in [3.63, 3.8) is 0 Å². The fourth-order valence-corrected chi connectivity index (χ4v) is 3.45. The first-order chi connectivity index (χ1) is 9.15. The number of benzene rings is 1. The molecule has 0 saturated carbocycles. The van der Waals surface area contributed by atoms with Crippen LogP contribution in [0.5, 0.6) is 0 Å². The van der Waals surface area contributed by atoms with Crippen molar-refractivity contribution < 1.29 is 5.11 Å². The van der Waals surface area contributed by atoms with E-state index < -0.39 is 11.5 Å². The van der Waals surface area contributed by atoms with Crippen LogP contribution >= 0.6 is 0 Å². The Morgan fingerprint density at radius 1 is 1.42 bits per heavy atom. The van der Waals surface area contributed by atoms with Gasteiger partial charge in [-0.2, -0.15) is 5.26 Å². The monoisotopic (exact) mass is 257 g/mol. The average molecular weight is 257 g/mol. The van der Waals surface area contributed by atoms with E-state index in [4.69, 9.17) is 0 Å². The Labute approximate surface area is 116 Å². The molecule has 0 spiro atoms. The Morgan fingerprint density at radius 2 is 2.16 bits per heavy atom. The van der Waals surface area contributed by atoms with Crippen LogP contribution < -0.4 is 0 Å². The lowest BCUT2D eigenvalue weighted by Gasteiger charge is -2.39. The van der Waals surface area contributed by atoms with Crippen molar-refractivity contribution >= 4 is 0 Å². The summed E-state index contributed by atoms with van der Waals surface area (Å²) in [7, 11) is 0. The summed E-state index contributed by atoms with van der Waals surface area (Å²) in [5, 5.41) is 20.5. The third-order valence-corrected chi connectivity index (χ3v) is 4.50. The van der Waals surface area contributed by atoms with Gasteiger partial charge in [0.05, 0.1) is 12.2 Å². The zero-order valence-corrected chi connectivity index (χ0v) is 11.9. The summed E-state index contributed by atoms with van der Waals surface area (Å²) in [5.74, 6) is 0.163. The van der Waals surface area contributed by atoms with E-state index in [0.29, 0.717) is 0 Å². The Morgan fingerprint density at radius 3 is 2.84 bits per heavy atom. The van der Waals surface area contributed by atoms with Crippen molar-refractivity contribution in [2.24, 2.45) is 5.92 Å². The molecule has 3 unspecified atom stereocenters. The predicted octanol–water partition coefficient (Wildman–Crippen LogP) is 3.58. The van der Waals surface area contributed by atoms with Crippen molar-refractivity contribution in [1.29, 1.82) is 5.26 Å². The van der Waals surface area contributed by atoms with Gasteiger partial charge in [-0.3, -0.25) is 0 Å².